The van der Waals surface area contributed by atoms with Crippen molar-refractivity contribution in [3.8, 4) is 0 Å². The summed E-state index contributed by atoms with van der Waals surface area (Å²) < 4.78 is 15.4. The number of para-hydroxylation sites is 1. The van der Waals surface area contributed by atoms with Crippen LogP contribution in [-0.4, -0.2) is 20.7 Å². The summed E-state index contributed by atoms with van der Waals surface area (Å²) in [6, 6.07) is 10.9. The third kappa shape index (κ3) is 4.97. The van der Waals surface area contributed by atoms with Crippen molar-refractivity contribution in [2.75, 3.05) is 5.32 Å². The Bertz CT molecular complexity index is 1120. The summed E-state index contributed by atoms with van der Waals surface area (Å²) >= 11 is 7.20. The zero-order chi connectivity index (χ0) is 21.1. The van der Waals surface area contributed by atoms with Gasteiger partial charge in [0.15, 0.2) is 5.16 Å². The van der Waals surface area contributed by atoms with E-state index in [2.05, 4.69) is 10.3 Å². The molecule has 5 nitrogen and oxygen atoms in total. The minimum atomic E-state index is -0.593. The highest BCUT2D eigenvalue weighted by Crippen LogP contribution is 2.25. The van der Waals surface area contributed by atoms with Gasteiger partial charge in [-0.05, 0) is 43.2 Å². The van der Waals surface area contributed by atoms with E-state index in [0.717, 1.165) is 11.8 Å². The molecule has 0 radical (unpaired) electrons. The van der Waals surface area contributed by atoms with Gasteiger partial charge in [-0.3, -0.25) is 14.2 Å². The summed E-state index contributed by atoms with van der Waals surface area (Å²) in [5, 5.41) is 3.33. The van der Waals surface area contributed by atoms with E-state index < -0.39 is 11.1 Å². The molecule has 1 heterocycles. The van der Waals surface area contributed by atoms with Crippen molar-refractivity contribution in [2.24, 2.45) is 5.92 Å². The van der Waals surface area contributed by atoms with Gasteiger partial charge in [0.25, 0.3) is 5.56 Å². The van der Waals surface area contributed by atoms with Gasteiger partial charge < -0.3 is 5.32 Å². The normalized spacial score (nSPS) is 12.3. The van der Waals surface area contributed by atoms with E-state index in [1.54, 1.807) is 41.8 Å². The number of aromatic nitrogens is 2. The molecule has 1 aromatic heterocycles. The van der Waals surface area contributed by atoms with Gasteiger partial charge in [-0.1, -0.05) is 49.3 Å². The van der Waals surface area contributed by atoms with Gasteiger partial charge >= 0.3 is 0 Å². The van der Waals surface area contributed by atoms with E-state index in [-0.39, 0.29) is 23.1 Å². The quantitative estimate of drug-likeness (QED) is 0.440. The number of carbonyl (C=O) groups excluding carboxylic acids is 1. The number of anilines is 1. The molecule has 0 saturated carbocycles. The minimum Gasteiger partial charge on any atom is -0.323 e. The predicted molar refractivity (Wildman–Crippen MR) is 116 cm³/mol. The van der Waals surface area contributed by atoms with Crippen LogP contribution >= 0.6 is 23.4 Å². The molecule has 0 spiro atoms. The second-order valence-electron chi connectivity index (χ2n) is 7.09. The Hall–Kier alpha value is -2.38. The van der Waals surface area contributed by atoms with Crippen molar-refractivity contribution in [1.82, 2.24) is 9.55 Å². The Morgan fingerprint density at radius 3 is 2.66 bits per heavy atom. The van der Waals surface area contributed by atoms with Crippen LogP contribution < -0.4 is 10.9 Å². The molecule has 0 aliphatic carbocycles. The molecule has 152 valence electrons. The number of halogens is 2. The Balaban J connectivity index is 1.93. The van der Waals surface area contributed by atoms with Crippen molar-refractivity contribution in [3.63, 3.8) is 0 Å². The van der Waals surface area contributed by atoms with Gasteiger partial charge in [0.2, 0.25) is 5.91 Å². The molecule has 1 N–H and O–H groups in total. The molecule has 0 fully saturated rings. The third-order valence-electron chi connectivity index (χ3n) is 4.21. The summed E-state index contributed by atoms with van der Waals surface area (Å²) in [4.78, 5) is 30.2. The fourth-order valence-electron chi connectivity index (χ4n) is 2.80. The first kappa shape index (κ1) is 21.3. The summed E-state index contributed by atoms with van der Waals surface area (Å²) in [5.74, 6) is -0.676. The maximum Gasteiger partial charge on any atom is 0.262 e. The number of nitrogens with one attached hydrogen (secondary N) is 1. The predicted octanol–water partition coefficient (Wildman–Crippen LogP) is 4.96. The van der Waals surface area contributed by atoms with Gasteiger partial charge in [0.1, 0.15) is 5.82 Å². The number of thioether (sulfide) groups is 1. The second-order valence-corrected chi connectivity index (χ2v) is 8.84. The topological polar surface area (TPSA) is 64.0 Å². The van der Waals surface area contributed by atoms with Crippen LogP contribution in [0.2, 0.25) is 5.02 Å². The van der Waals surface area contributed by atoms with Crippen LogP contribution in [0.5, 0.6) is 0 Å². The van der Waals surface area contributed by atoms with Gasteiger partial charge in [-0.2, -0.15) is 0 Å². The standard InChI is InChI=1S/C21H21ClFN3O2S/c1-12(2)11-26-20(28)15-10-14(22)8-9-17(15)25-21(26)29-13(3)19(27)24-18-7-5-4-6-16(18)23/h4-10,12-13H,11H2,1-3H3,(H,24,27). The fraction of sp³-hybridized carbons (Fsp3) is 0.286. The molecule has 3 rings (SSSR count). The zero-order valence-corrected chi connectivity index (χ0v) is 17.9. The lowest BCUT2D eigenvalue weighted by Crippen LogP contribution is -2.28. The van der Waals surface area contributed by atoms with Crippen LogP contribution in [0.15, 0.2) is 52.4 Å². The monoisotopic (exact) mass is 433 g/mol. The van der Waals surface area contributed by atoms with Crippen molar-refractivity contribution >= 4 is 45.9 Å². The molecule has 0 saturated heterocycles. The molecule has 0 aliphatic rings. The van der Waals surface area contributed by atoms with E-state index in [9.17, 15) is 14.0 Å². The largest absolute Gasteiger partial charge is 0.323 e. The number of benzene rings is 2. The molecular weight excluding hydrogens is 413 g/mol. The van der Waals surface area contributed by atoms with E-state index in [1.165, 1.54) is 12.1 Å². The number of hydrogen-bond acceptors (Lipinski definition) is 4. The maximum absolute atomic E-state index is 13.8. The van der Waals surface area contributed by atoms with E-state index in [1.807, 2.05) is 13.8 Å². The molecular formula is C21H21ClFN3O2S. The molecule has 2 aromatic carbocycles. The summed E-state index contributed by atoms with van der Waals surface area (Å²) in [6.07, 6.45) is 0. The second kappa shape index (κ2) is 8.97. The number of carbonyl (C=O) groups is 1. The first-order valence-corrected chi connectivity index (χ1v) is 10.4. The molecule has 1 amide bonds. The van der Waals surface area contributed by atoms with Crippen molar-refractivity contribution in [2.45, 2.75) is 37.7 Å². The smallest absolute Gasteiger partial charge is 0.262 e. The van der Waals surface area contributed by atoms with Crippen LogP contribution in [0.3, 0.4) is 0 Å². The summed E-state index contributed by atoms with van der Waals surface area (Å²) in [5.41, 5.74) is 0.435. The first-order valence-electron chi connectivity index (χ1n) is 9.18. The number of fused-ring (bicyclic) bond motifs is 1. The Labute approximate surface area is 177 Å². The molecule has 0 aliphatic heterocycles. The summed E-state index contributed by atoms with van der Waals surface area (Å²) in [7, 11) is 0. The summed E-state index contributed by atoms with van der Waals surface area (Å²) in [6.45, 7) is 6.14. The van der Waals surface area contributed by atoms with Gasteiger partial charge in [0.05, 0.1) is 21.8 Å². The zero-order valence-electron chi connectivity index (χ0n) is 16.3. The van der Waals surface area contributed by atoms with E-state index >= 15 is 0 Å². The van der Waals surface area contributed by atoms with Gasteiger partial charge in [-0.25, -0.2) is 9.37 Å². The number of amides is 1. The van der Waals surface area contributed by atoms with E-state index in [0.29, 0.717) is 27.6 Å². The van der Waals surface area contributed by atoms with Crippen molar-refractivity contribution in [1.29, 1.82) is 0 Å². The molecule has 0 bridgehead atoms. The minimum absolute atomic E-state index is 0.116. The molecule has 1 unspecified atom stereocenters. The number of hydrogen-bond donors (Lipinski definition) is 1. The Kier molecular flexibility index (Phi) is 6.59. The average Bonchev–Trinajstić information content (AvgIpc) is 2.67. The molecule has 3 aromatic rings. The van der Waals surface area contributed by atoms with Crippen LogP contribution in [0.25, 0.3) is 10.9 Å². The van der Waals surface area contributed by atoms with Crippen LogP contribution in [0, 0.1) is 11.7 Å². The third-order valence-corrected chi connectivity index (χ3v) is 5.54. The lowest BCUT2D eigenvalue weighted by Gasteiger charge is -2.17. The molecule has 29 heavy (non-hydrogen) atoms. The highest BCUT2D eigenvalue weighted by molar-refractivity contribution is 8.00. The molecule has 8 heteroatoms. The van der Waals surface area contributed by atoms with Crippen LogP contribution in [-0.2, 0) is 11.3 Å². The van der Waals surface area contributed by atoms with Gasteiger partial charge in [-0.15, -0.1) is 0 Å². The maximum atomic E-state index is 13.8. The van der Waals surface area contributed by atoms with E-state index in [4.69, 9.17) is 11.6 Å². The Morgan fingerprint density at radius 1 is 1.24 bits per heavy atom. The highest BCUT2D eigenvalue weighted by atomic mass is 35.5. The lowest BCUT2D eigenvalue weighted by molar-refractivity contribution is -0.115. The number of rotatable bonds is 6. The van der Waals surface area contributed by atoms with Crippen molar-refractivity contribution < 1.29 is 9.18 Å². The SMILES string of the molecule is CC(C)Cn1c(SC(C)C(=O)Nc2ccccc2F)nc2ccc(Cl)cc2c1=O. The fourth-order valence-corrected chi connectivity index (χ4v) is 3.89. The lowest BCUT2D eigenvalue weighted by atomic mass is 10.2. The highest BCUT2D eigenvalue weighted by Gasteiger charge is 2.21. The Morgan fingerprint density at radius 2 is 1.97 bits per heavy atom. The number of nitrogens with zero attached hydrogens (tertiary/aromatic N) is 2. The van der Waals surface area contributed by atoms with Crippen LogP contribution in [0.4, 0.5) is 10.1 Å². The van der Waals surface area contributed by atoms with Crippen molar-refractivity contribution in [3.05, 3.63) is 63.7 Å². The first-order chi connectivity index (χ1) is 13.8. The average molecular weight is 434 g/mol. The molecule has 1 atom stereocenters. The van der Waals surface area contributed by atoms with Crippen LogP contribution in [0.1, 0.15) is 20.8 Å². The van der Waals surface area contributed by atoms with Gasteiger partial charge in [0, 0.05) is 11.6 Å².